The van der Waals surface area contributed by atoms with Gasteiger partial charge in [-0.3, -0.25) is 4.79 Å². The summed E-state index contributed by atoms with van der Waals surface area (Å²) < 4.78 is 26.8. The van der Waals surface area contributed by atoms with Crippen LogP contribution in [0, 0.1) is 6.92 Å². The minimum absolute atomic E-state index is 0. The van der Waals surface area contributed by atoms with Gasteiger partial charge in [-0.1, -0.05) is 17.7 Å². The summed E-state index contributed by atoms with van der Waals surface area (Å²) in [6.07, 6.45) is 0. The Bertz CT molecular complexity index is 441. The third kappa shape index (κ3) is 4.34. The molecule has 0 fully saturated rings. The first-order valence-electron chi connectivity index (χ1n) is 3.93. The van der Waals surface area contributed by atoms with Crippen LogP contribution < -0.4 is 29.6 Å². The minimum Gasteiger partial charge on any atom is -1.00 e. The van der Waals surface area contributed by atoms with E-state index in [1.165, 1.54) is 12.1 Å². The molecule has 0 aliphatic rings. The van der Waals surface area contributed by atoms with E-state index in [0.29, 0.717) is 0 Å². The largest absolute Gasteiger partial charge is 1.00 e. The molecule has 0 radical (unpaired) electrons. The van der Waals surface area contributed by atoms with E-state index < -0.39 is 16.1 Å². The van der Waals surface area contributed by atoms with Gasteiger partial charge in [0.1, 0.15) is 4.90 Å². The summed E-state index contributed by atoms with van der Waals surface area (Å²) in [5.41, 5.74) is 0.937. The van der Waals surface area contributed by atoms with E-state index in [1.807, 2.05) is 6.92 Å². The number of carbonyl (C=O) groups is 1. The van der Waals surface area contributed by atoms with Crippen molar-refractivity contribution in [3.63, 3.8) is 0 Å². The van der Waals surface area contributed by atoms with Crippen LogP contribution in [-0.2, 0) is 19.1 Å². The Labute approximate surface area is 113 Å². The summed E-state index contributed by atoms with van der Waals surface area (Å²) in [5.74, 6) is -0.842. The molecule has 6 heteroatoms. The Morgan fingerprint density at radius 1 is 1.27 bits per heavy atom. The van der Waals surface area contributed by atoms with Crippen molar-refractivity contribution in [3.8, 4) is 0 Å². The van der Waals surface area contributed by atoms with Crippen LogP contribution in [0.3, 0.4) is 0 Å². The molecule has 0 unspecified atom stereocenters. The van der Waals surface area contributed by atoms with Crippen molar-refractivity contribution in [2.24, 2.45) is 0 Å². The van der Waals surface area contributed by atoms with Crippen LogP contribution in [0.5, 0.6) is 0 Å². The first-order valence-corrected chi connectivity index (χ1v) is 5.34. The van der Waals surface area contributed by atoms with Gasteiger partial charge in [0, 0.05) is 6.92 Å². The molecule has 0 heterocycles. The zero-order valence-corrected chi connectivity index (χ0v) is 11.7. The van der Waals surface area contributed by atoms with Crippen LogP contribution in [0.2, 0.25) is 0 Å². The third-order valence-corrected chi connectivity index (χ3v) is 2.84. The summed E-state index contributed by atoms with van der Waals surface area (Å²) in [6, 6.07) is 6.06. The monoisotopic (exact) mass is 238 g/mol. The number of benzene rings is 1. The average molecular weight is 238 g/mol. The Morgan fingerprint density at radius 3 is 2.13 bits per heavy atom. The molecular formula is C9H11NaO4S. The SMILES string of the molecule is CC(=O)OS(=O)(=O)c1ccc(C)cc1.[H-].[Na+]. The van der Waals surface area contributed by atoms with E-state index in [1.54, 1.807) is 12.1 Å². The van der Waals surface area contributed by atoms with Crippen molar-refractivity contribution < 1.29 is 48.4 Å². The van der Waals surface area contributed by atoms with E-state index in [0.717, 1.165) is 12.5 Å². The minimum atomic E-state index is -3.93. The number of hydrogen-bond acceptors (Lipinski definition) is 4. The number of aryl methyl sites for hydroxylation is 1. The van der Waals surface area contributed by atoms with Crippen LogP contribution in [-0.4, -0.2) is 14.4 Å². The van der Waals surface area contributed by atoms with E-state index in [9.17, 15) is 13.2 Å². The van der Waals surface area contributed by atoms with E-state index in [2.05, 4.69) is 4.18 Å². The normalized spacial score (nSPS) is 10.3. The average Bonchev–Trinajstić information content (AvgIpc) is 2.02. The Kier molecular flexibility index (Phi) is 5.51. The first-order chi connectivity index (χ1) is 6.42. The second kappa shape index (κ2) is 5.65. The quantitative estimate of drug-likeness (QED) is 0.458. The van der Waals surface area contributed by atoms with Gasteiger partial charge in [-0.05, 0) is 19.1 Å². The van der Waals surface area contributed by atoms with Crippen LogP contribution in [0.25, 0.3) is 0 Å². The molecule has 0 atom stereocenters. The number of carbonyl (C=O) groups excluding carboxylic acids is 1. The third-order valence-electron chi connectivity index (χ3n) is 1.54. The fourth-order valence-corrected chi connectivity index (χ4v) is 1.78. The molecule has 0 saturated carbocycles. The maximum atomic E-state index is 11.3. The van der Waals surface area contributed by atoms with Gasteiger partial charge in [-0.2, -0.15) is 8.42 Å². The van der Waals surface area contributed by atoms with Gasteiger partial charge in [0.05, 0.1) is 0 Å². The molecule has 1 aromatic carbocycles. The van der Waals surface area contributed by atoms with Gasteiger partial charge in [0.15, 0.2) is 0 Å². The standard InChI is InChI=1S/C9H10O4S.Na.H/c1-7-3-5-9(6-4-7)14(11,12)13-8(2)10;;/h3-6H,1-2H3;;/q;+1;-1. The molecule has 15 heavy (non-hydrogen) atoms. The molecule has 78 valence electrons. The second-order valence-corrected chi connectivity index (χ2v) is 4.39. The molecule has 0 aliphatic heterocycles. The zero-order valence-electron chi connectivity index (χ0n) is 9.85. The van der Waals surface area contributed by atoms with Crippen molar-refractivity contribution in [2.75, 3.05) is 0 Å². The maximum Gasteiger partial charge on any atom is 1.00 e. The van der Waals surface area contributed by atoms with Gasteiger partial charge in [0.2, 0.25) is 0 Å². The first kappa shape index (κ1) is 14.6. The molecule has 0 saturated heterocycles. The van der Waals surface area contributed by atoms with Crippen molar-refractivity contribution in [1.82, 2.24) is 0 Å². The molecule has 0 spiro atoms. The van der Waals surface area contributed by atoms with Gasteiger partial charge < -0.3 is 5.61 Å². The maximum absolute atomic E-state index is 11.3. The summed E-state index contributed by atoms with van der Waals surface area (Å²) in [7, 11) is -3.93. The summed E-state index contributed by atoms with van der Waals surface area (Å²) in [4.78, 5) is 10.5. The van der Waals surface area contributed by atoms with E-state index in [-0.39, 0.29) is 35.9 Å². The zero-order chi connectivity index (χ0) is 10.8. The molecule has 0 N–H and O–H groups in total. The predicted molar refractivity (Wildman–Crippen MR) is 51.2 cm³/mol. The molecule has 0 amide bonds. The molecule has 0 aromatic heterocycles. The smallest absolute Gasteiger partial charge is 1.00 e. The van der Waals surface area contributed by atoms with Gasteiger partial charge in [-0.25, -0.2) is 0 Å². The predicted octanol–water partition coefficient (Wildman–Crippen LogP) is -1.64. The van der Waals surface area contributed by atoms with Crippen molar-refractivity contribution in [2.45, 2.75) is 18.7 Å². The van der Waals surface area contributed by atoms with Crippen molar-refractivity contribution in [3.05, 3.63) is 29.8 Å². The van der Waals surface area contributed by atoms with Gasteiger partial charge in [-0.15, -0.1) is 0 Å². The molecule has 1 aromatic rings. The molecule has 1 rings (SSSR count). The summed E-state index contributed by atoms with van der Waals surface area (Å²) >= 11 is 0. The van der Waals surface area contributed by atoms with Crippen LogP contribution >= 0.6 is 0 Å². The van der Waals surface area contributed by atoms with Gasteiger partial charge >= 0.3 is 45.6 Å². The Hall–Kier alpha value is -0.360. The summed E-state index contributed by atoms with van der Waals surface area (Å²) in [5, 5.41) is 0. The second-order valence-electron chi connectivity index (χ2n) is 2.84. The number of rotatable bonds is 2. The molecule has 0 aliphatic carbocycles. The molecule has 0 bridgehead atoms. The van der Waals surface area contributed by atoms with Crippen LogP contribution in [0.4, 0.5) is 0 Å². The fourth-order valence-electron chi connectivity index (χ4n) is 0.908. The topological polar surface area (TPSA) is 60.4 Å². The molecule has 4 nitrogen and oxygen atoms in total. The van der Waals surface area contributed by atoms with Crippen molar-refractivity contribution >= 4 is 16.1 Å². The Morgan fingerprint density at radius 2 is 1.73 bits per heavy atom. The van der Waals surface area contributed by atoms with E-state index in [4.69, 9.17) is 0 Å². The molecular weight excluding hydrogens is 227 g/mol. The summed E-state index contributed by atoms with van der Waals surface area (Å²) in [6.45, 7) is 2.88. The van der Waals surface area contributed by atoms with Gasteiger partial charge in [0.25, 0.3) is 0 Å². The van der Waals surface area contributed by atoms with Crippen LogP contribution in [0.15, 0.2) is 29.2 Å². The van der Waals surface area contributed by atoms with E-state index >= 15 is 0 Å². The fraction of sp³-hybridized carbons (Fsp3) is 0.222. The van der Waals surface area contributed by atoms with Crippen molar-refractivity contribution in [1.29, 1.82) is 0 Å². The number of hydrogen-bond donors (Lipinski definition) is 0. The Balaban J connectivity index is 0. The van der Waals surface area contributed by atoms with Crippen LogP contribution in [0.1, 0.15) is 13.9 Å².